The van der Waals surface area contributed by atoms with Crippen LogP contribution >= 0.6 is 11.6 Å². The first-order chi connectivity index (χ1) is 16.8. The van der Waals surface area contributed by atoms with Crippen molar-refractivity contribution in [3.63, 3.8) is 0 Å². The SMILES string of the molecule is NC(=O)C1CCC(n2c(Nc3c(F)cc(F)cc3Cl)nc3cnc(N[C@@H]4CCC[C@H]4O)nc32)CC1. The van der Waals surface area contributed by atoms with Crippen molar-refractivity contribution in [2.45, 2.75) is 63.1 Å². The molecule has 1 aromatic carbocycles. The third-order valence-electron chi connectivity index (χ3n) is 6.93. The Bertz CT molecular complexity index is 1240. The first-order valence-corrected chi connectivity index (χ1v) is 12.1. The molecule has 0 spiro atoms. The lowest BCUT2D eigenvalue weighted by atomic mass is 9.85. The molecular weight excluding hydrogens is 480 g/mol. The zero-order chi connectivity index (χ0) is 24.7. The molecule has 12 heteroatoms. The number of aliphatic hydroxyl groups excluding tert-OH is 1. The quantitative estimate of drug-likeness (QED) is 0.397. The van der Waals surface area contributed by atoms with E-state index in [4.69, 9.17) is 17.3 Å². The molecule has 5 rings (SSSR count). The van der Waals surface area contributed by atoms with Crippen LogP contribution in [0.5, 0.6) is 0 Å². The van der Waals surface area contributed by atoms with E-state index in [-0.39, 0.29) is 40.6 Å². The fourth-order valence-corrected chi connectivity index (χ4v) is 5.30. The van der Waals surface area contributed by atoms with Crippen LogP contribution in [-0.2, 0) is 4.79 Å². The lowest BCUT2D eigenvalue weighted by Gasteiger charge is -2.29. The predicted molar refractivity (Wildman–Crippen MR) is 127 cm³/mol. The average Bonchev–Trinajstić information content (AvgIpc) is 3.38. The maximum Gasteiger partial charge on any atom is 0.225 e. The molecule has 2 fully saturated rings. The van der Waals surface area contributed by atoms with Crippen molar-refractivity contribution in [2.24, 2.45) is 11.7 Å². The molecule has 0 unspecified atom stereocenters. The van der Waals surface area contributed by atoms with Gasteiger partial charge in [-0.05, 0) is 51.0 Å². The van der Waals surface area contributed by atoms with Gasteiger partial charge in [-0.3, -0.25) is 9.36 Å². The molecule has 2 atom stereocenters. The van der Waals surface area contributed by atoms with Gasteiger partial charge in [0.25, 0.3) is 0 Å². The van der Waals surface area contributed by atoms with Gasteiger partial charge in [-0.1, -0.05) is 11.6 Å². The third-order valence-corrected chi connectivity index (χ3v) is 7.23. The normalized spacial score (nSPS) is 24.6. The van der Waals surface area contributed by atoms with E-state index < -0.39 is 17.7 Å². The number of halogens is 3. The first kappa shape index (κ1) is 23.7. The van der Waals surface area contributed by atoms with E-state index in [0.717, 1.165) is 31.4 Å². The van der Waals surface area contributed by atoms with Gasteiger partial charge in [0.2, 0.25) is 17.8 Å². The van der Waals surface area contributed by atoms with E-state index in [1.165, 1.54) is 0 Å². The molecule has 9 nitrogen and oxygen atoms in total. The van der Waals surface area contributed by atoms with Gasteiger partial charge in [-0.25, -0.2) is 18.7 Å². The first-order valence-electron chi connectivity index (χ1n) is 11.7. The summed E-state index contributed by atoms with van der Waals surface area (Å²) in [5.41, 5.74) is 6.39. The van der Waals surface area contributed by atoms with Crippen molar-refractivity contribution in [1.82, 2.24) is 19.5 Å². The van der Waals surface area contributed by atoms with Gasteiger partial charge in [-0.15, -0.1) is 0 Å². The maximum absolute atomic E-state index is 14.6. The van der Waals surface area contributed by atoms with Crippen molar-refractivity contribution in [2.75, 3.05) is 10.6 Å². The second kappa shape index (κ2) is 9.54. The number of nitrogens with two attached hydrogens (primary N) is 1. The monoisotopic (exact) mass is 505 g/mol. The van der Waals surface area contributed by atoms with Gasteiger partial charge in [0.05, 0.1) is 29.1 Å². The number of fused-ring (bicyclic) bond motifs is 1. The number of carbonyl (C=O) groups is 1. The van der Waals surface area contributed by atoms with Crippen LogP contribution in [0, 0.1) is 17.6 Å². The van der Waals surface area contributed by atoms with E-state index in [1.54, 1.807) is 6.20 Å². The topological polar surface area (TPSA) is 131 Å². The molecule has 186 valence electrons. The number of hydrogen-bond donors (Lipinski definition) is 4. The summed E-state index contributed by atoms with van der Waals surface area (Å²) < 4.78 is 30.0. The highest BCUT2D eigenvalue weighted by Crippen LogP contribution is 2.38. The Labute approximate surface area is 205 Å². The summed E-state index contributed by atoms with van der Waals surface area (Å²) in [6.45, 7) is 0. The number of aromatic nitrogens is 4. The number of hydrogen-bond acceptors (Lipinski definition) is 7. The molecule has 2 saturated carbocycles. The zero-order valence-corrected chi connectivity index (χ0v) is 19.6. The summed E-state index contributed by atoms with van der Waals surface area (Å²) >= 11 is 6.12. The highest BCUT2D eigenvalue weighted by Gasteiger charge is 2.30. The van der Waals surface area contributed by atoms with Crippen molar-refractivity contribution in [1.29, 1.82) is 0 Å². The third kappa shape index (κ3) is 4.74. The second-order valence-corrected chi connectivity index (χ2v) is 9.64. The van der Waals surface area contributed by atoms with Crippen LogP contribution in [-0.4, -0.2) is 42.7 Å². The predicted octanol–water partition coefficient (Wildman–Crippen LogP) is 4.04. The molecule has 0 aliphatic heterocycles. The van der Waals surface area contributed by atoms with Crippen LogP contribution < -0.4 is 16.4 Å². The number of benzene rings is 1. The highest BCUT2D eigenvalue weighted by atomic mass is 35.5. The van der Waals surface area contributed by atoms with Crippen molar-refractivity contribution >= 4 is 46.3 Å². The van der Waals surface area contributed by atoms with Crippen molar-refractivity contribution < 1.29 is 18.7 Å². The van der Waals surface area contributed by atoms with Crippen LogP contribution in [0.4, 0.5) is 26.4 Å². The van der Waals surface area contributed by atoms with Crippen molar-refractivity contribution in [3.05, 3.63) is 35.0 Å². The molecule has 2 aliphatic carbocycles. The Morgan fingerprint density at radius 3 is 2.57 bits per heavy atom. The Kier molecular flexibility index (Phi) is 6.45. The molecule has 5 N–H and O–H groups in total. The van der Waals surface area contributed by atoms with E-state index >= 15 is 0 Å². The average molecular weight is 506 g/mol. The minimum absolute atomic E-state index is 0.0970. The molecule has 3 aromatic rings. The number of aliphatic hydroxyl groups is 1. The molecule has 35 heavy (non-hydrogen) atoms. The summed E-state index contributed by atoms with van der Waals surface area (Å²) in [7, 11) is 0. The second-order valence-electron chi connectivity index (χ2n) is 9.23. The van der Waals surface area contributed by atoms with Gasteiger partial charge in [0.15, 0.2) is 11.5 Å². The fraction of sp³-hybridized carbons (Fsp3) is 0.478. The molecular formula is C23H26ClF2N7O2. The number of nitrogens with one attached hydrogen (secondary N) is 2. The number of amides is 1. The summed E-state index contributed by atoms with van der Waals surface area (Å²) in [4.78, 5) is 25.2. The number of carbonyl (C=O) groups excluding carboxylic acids is 1. The van der Waals surface area contributed by atoms with E-state index in [0.29, 0.717) is 42.8 Å². The summed E-state index contributed by atoms with van der Waals surface area (Å²) in [5.74, 6) is -1.52. The van der Waals surface area contributed by atoms with E-state index in [2.05, 4.69) is 25.6 Å². The Morgan fingerprint density at radius 1 is 1.14 bits per heavy atom. The fourth-order valence-electron chi connectivity index (χ4n) is 5.06. The largest absolute Gasteiger partial charge is 0.391 e. The van der Waals surface area contributed by atoms with E-state index in [1.807, 2.05) is 4.57 Å². The lowest BCUT2D eigenvalue weighted by molar-refractivity contribution is -0.122. The van der Waals surface area contributed by atoms with Crippen molar-refractivity contribution in [3.8, 4) is 0 Å². The van der Waals surface area contributed by atoms with Crippen LogP contribution in [0.1, 0.15) is 51.0 Å². The summed E-state index contributed by atoms with van der Waals surface area (Å²) in [5, 5.41) is 16.2. The number of nitrogens with zero attached hydrogens (tertiary/aromatic N) is 4. The molecule has 2 aromatic heterocycles. The molecule has 0 saturated heterocycles. The van der Waals surface area contributed by atoms with Crippen LogP contribution in [0.25, 0.3) is 11.2 Å². The zero-order valence-electron chi connectivity index (χ0n) is 18.8. The Balaban J connectivity index is 1.54. The smallest absolute Gasteiger partial charge is 0.225 e. The molecule has 0 bridgehead atoms. The standard InChI is InChI=1S/C23H26ClF2N7O2/c24-14-8-12(25)9-15(26)19(14)31-23-30-17-10-28-22(29-16-2-1-3-18(16)34)32-21(17)33(23)13-6-4-11(5-7-13)20(27)35/h8-11,13,16,18,34H,1-7H2,(H2,27,35)(H,30,31)(H,28,29,32)/t11?,13?,16-,18-/m1/s1. The van der Waals surface area contributed by atoms with Crippen LogP contribution in [0.2, 0.25) is 5.02 Å². The number of imidazole rings is 1. The summed E-state index contributed by atoms with van der Waals surface area (Å²) in [6.07, 6.45) is 6.04. The molecule has 0 radical (unpaired) electrons. The van der Waals surface area contributed by atoms with Gasteiger partial charge in [0.1, 0.15) is 11.3 Å². The molecule has 2 heterocycles. The van der Waals surface area contributed by atoms with Gasteiger partial charge in [-0.2, -0.15) is 4.98 Å². The Hall–Kier alpha value is -3.05. The van der Waals surface area contributed by atoms with Gasteiger partial charge in [0, 0.05) is 18.0 Å². The minimum atomic E-state index is -0.852. The molecule has 1 amide bonds. The minimum Gasteiger partial charge on any atom is -0.391 e. The van der Waals surface area contributed by atoms with Gasteiger partial charge < -0.3 is 21.5 Å². The van der Waals surface area contributed by atoms with Gasteiger partial charge >= 0.3 is 0 Å². The number of anilines is 3. The lowest BCUT2D eigenvalue weighted by Crippen LogP contribution is -2.29. The van der Waals surface area contributed by atoms with E-state index in [9.17, 15) is 18.7 Å². The maximum atomic E-state index is 14.6. The number of rotatable bonds is 6. The molecule has 2 aliphatic rings. The summed E-state index contributed by atoms with van der Waals surface area (Å²) in [6, 6.07) is 1.53. The number of primary amides is 1. The highest BCUT2D eigenvalue weighted by molar-refractivity contribution is 6.33. The van der Waals surface area contributed by atoms with Crippen LogP contribution in [0.3, 0.4) is 0 Å². The van der Waals surface area contributed by atoms with Crippen LogP contribution in [0.15, 0.2) is 18.3 Å². The Morgan fingerprint density at radius 2 is 1.91 bits per heavy atom.